The SMILES string of the molecule is CCOP(=O)(OCC)C(N(OC(C)c1ccc(C)cc1)C(C)(C)C)C(C)(C)C. The highest BCUT2D eigenvalue weighted by atomic mass is 31.2. The second kappa shape index (κ2) is 9.86. The molecule has 2 unspecified atom stereocenters. The summed E-state index contributed by atoms with van der Waals surface area (Å²) in [4.78, 5) is 6.47. The minimum atomic E-state index is -3.46. The third-order valence-electron chi connectivity index (χ3n) is 4.39. The molecule has 0 radical (unpaired) electrons. The van der Waals surface area contributed by atoms with E-state index in [2.05, 4.69) is 52.0 Å². The van der Waals surface area contributed by atoms with Crippen LogP contribution in [0.1, 0.15) is 79.5 Å². The predicted octanol–water partition coefficient (Wildman–Crippen LogP) is 6.73. The van der Waals surface area contributed by atoms with E-state index in [4.69, 9.17) is 13.9 Å². The normalized spacial score (nSPS) is 15.7. The highest BCUT2D eigenvalue weighted by Crippen LogP contribution is 2.61. The van der Waals surface area contributed by atoms with Gasteiger partial charge < -0.3 is 9.05 Å². The molecule has 0 fully saturated rings. The van der Waals surface area contributed by atoms with Crippen LogP contribution >= 0.6 is 7.60 Å². The van der Waals surface area contributed by atoms with E-state index < -0.39 is 24.3 Å². The number of rotatable bonds is 9. The van der Waals surface area contributed by atoms with Crippen LogP contribution in [-0.4, -0.2) is 29.6 Å². The maximum Gasteiger partial charge on any atom is 0.350 e. The van der Waals surface area contributed by atoms with Gasteiger partial charge in [0.05, 0.1) is 13.2 Å². The van der Waals surface area contributed by atoms with Gasteiger partial charge in [-0.2, -0.15) is 5.06 Å². The van der Waals surface area contributed by atoms with Gasteiger partial charge in [-0.15, -0.1) is 0 Å². The van der Waals surface area contributed by atoms with Crippen LogP contribution in [0.5, 0.6) is 0 Å². The third kappa shape index (κ3) is 6.67. The fourth-order valence-corrected chi connectivity index (χ4v) is 5.83. The number of hydrogen-bond donors (Lipinski definition) is 0. The van der Waals surface area contributed by atoms with Gasteiger partial charge in [0.25, 0.3) is 0 Å². The lowest BCUT2D eigenvalue weighted by Gasteiger charge is -2.48. The van der Waals surface area contributed by atoms with E-state index in [0.29, 0.717) is 13.2 Å². The highest BCUT2D eigenvalue weighted by Gasteiger charge is 2.51. The third-order valence-corrected chi connectivity index (χ3v) is 7.21. The van der Waals surface area contributed by atoms with Crippen LogP contribution in [0.2, 0.25) is 0 Å². The molecule has 0 aliphatic heterocycles. The lowest BCUT2D eigenvalue weighted by molar-refractivity contribution is -0.264. The van der Waals surface area contributed by atoms with E-state index in [1.54, 1.807) is 0 Å². The van der Waals surface area contributed by atoms with Crippen molar-refractivity contribution in [1.82, 2.24) is 5.06 Å². The fraction of sp³-hybridized carbons (Fsp3) is 0.727. The molecule has 0 amide bonds. The maximum atomic E-state index is 13.8. The maximum absolute atomic E-state index is 13.8. The quantitative estimate of drug-likeness (QED) is 0.332. The monoisotopic (exact) mass is 413 g/mol. The Balaban J connectivity index is 3.39. The van der Waals surface area contributed by atoms with Gasteiger partial charge in [-0.1, -0.05) is 50.6 Å². The molecular formula is C22H40NO4P. The van der Waals surface area contributed by atoms with E-state index in [0.717, 1.165) is 5.56 Å². The standard InChI is InChI=1S/C22H40NO4P/c1-11-25-28(24,26-12-2)20(21(5,6)7)23(22(8,9)10)27-18(4)19-15-13-17(3)14-16-19/h13-16,18,20H,11-12H2,1-10H3. The first-order valence-corrected chi connectivity index (χ1v) is 11.8. The van der Waals surface area contributed by atoms with Crippen molar-refractivity contribution in [2.75, 3.05) is 13.2 Å². The average Bonchev–Trinajstić information content (AvgIpc) is 2.53. The molecule has 0 bridgehead atoms. The van der Waals surface area contributed by atoms with E-state index in [-0.39, 0.29) is 6.10 Å². The lowest BCUT2D eigenvalue weighted by Crippen LogP contribution is -2.53. The Morgan fingerprint density at radius 3 is 1.79 bits per heavy atom. The molecule has 5 nitrogen and oxygen atoms in total. The minimum Gasteiger partial charge on any atom is -0.308 e. The number of nitrogens with zero attached hydrogens (tertiary/aromatic N) is 1. The molecule has 2 atom stereocenters. The molecule has 0 aromatic heterocycles. The summed E-state index contributed by atoms with van der Waals surface area (Å²) in [6.07, 6.45) is -0.207. The van der Waals surface area contributed by atoms with Gasteiger partial charge in [-0.3, -0.25) is 9.40 Å². The zero-order valence-corrected chi connectivity index (χ0v) is 20.3. The molecular weight excluding hydrogens is 373 g/mol. The van der Waals surface area contributed by atoms with Crippen molar-refractivity contribution in [3.8, 4) is 0 Å². The summed E-state index contributed by atoms with van der Waals surface area (Å²) in [5.74, 6) is -0.562. The first-order valence-electron chi connectivity index (χ1n) is 10.2. The van der Waals surface area contributed by atoms with Crippen LogP contribution in [-0.2, 0) is 18.5 Å². The van der Waals surface area contributed by atoms with Crippen molar-refractivity contribution in [1.29, 1.82) is 0 Å². The Morgan fingerprint density at radius 2 is 1.43 bits per heavy atom. The molecule has 0 heterocycles. The van der Waals surface area contributed by atoms with Crippen molar-refractivity contribution in [3.05, 3.63) is 35.4 Å². The van der Waals surface area contributed by atoms with Gasteiger partial charge >= 0.3 is 7.60 Å². The summed E-state index contributed by atoms with van der Waals surface area (Å²) in [6.45, 7) is 20.7. The summed E-state index contributed by atoms with van der Waals surface area (Å²) in [7, 11) is -3.46. The summed E-state index contributed by atoms with van der Waals surface area (Å²) in [6, 6.07) is 8.28. The van der Waals surface area contributed by atoms with Crippen molar-refractivity contribution in [2.24, 2.45) is 5.41 Å². The molecule has 1 rings (SSSR count). The van der Waals surface area contributed by atoms with Crippen molar-refractivity contribution in [3.63, 3.8) is 0 Å². The van der Waals surface area contributed by atoms with E-state index in [1.807, 2.05) is 46.6 Å². The van der Waals surface area contributed by atoms with Gasteiger partial charge in [0, 0.05) is 5.54 Å². The van der Waals surface area contributed by atoms with Crippen molar-refractivity contribution < 1.29 is 18.5 Å². The van der Waals surface area contributed by atoms with Crippen LogP contribution in [0.3, 0.4) is 0 Å². The summed E-state index contributed by atoms with van der Waals surface area (Å²) in [5.41, 5.74) is 1.45. The highest BCUT2D eigenvalue weighted by molar-refractivity contribution is 7.54. The molecule has 1 aromatic carbocycles. The Labute approximate surface area is 172 Å². The van der Waals surface area contributed by atoms with E-state index in [1.165, 1.54) is 5.56 Å². The molecule has 0 saturated heterocycles. The first kappa shape index (κ1) is 25.3. The van der Waals surface area contributed by atoms with E-state index in [9.17, 15) is 4.57 Å². The summed E-state index contributed by atoms with van der Waals surface area (Å²) in [5, 5.41) is 1.84. The zero-order valence-electron chi connectivity index (χ0n) is 19.4. The minimum absolute atomic E-state index is 0.207. The lowest BCUT2D eigenvalue weighted by atomic mass is 9.94. The summed E-state index contributed by atoms with van der Waals surface area (Å²) < 4.78 is 25.3. The van der Waals surface area contributed by atoms with Crippen LogP contribution in [0.4, 0.5) is 0 Å². The van der Waals surface area contributed by atoms with Crippen LogP contribution in [0, 0.1) is 12.3 Å². The zero-order chi connectivity index (χ0) is 21.8. The Bertz CT molecular complexity index is 636. The molecule has 0 spiro atoms. The number of hydrogen-bond acceptors (Lipinski definition) is 5. The number of hydroxylamine groups is 2. The largest absolute Gasteiger partial charge is 0.350 e. The molecule has 28 heavy (non-hydrogen) atoms. The second-order valence-electron chi connectivity index (χ2n) is 9.27. The smallest absolute Gasteiger partial charge is 0.308 e. The molecule has 0 saturated carbocycles. The molecule has 162 valence electrons. The van der Waals surface area contributed by atoms with Gasteiger partial charge in [0.1, 0.15) is 11.9 Å². The summed E-state index contributed by atoms with van der Waals surface area (Å²) >= 11 is 0. The molecule has 1 aromatic rings. The molecule has 0 N–H and O–H groups in total. The topological polar surface area (TPSA) is 48.0 Å². The van der Waals surface area contributed by atoms with Gasteiger partial charge in [0.2, 0.25) is 0 Å². The molecule has 0 aliphatic rings. The van der Waals surface area contributed by atoms with E-state index >= 15 is 0 Å². The van der Waals surface area contributed by atoms with Gasteiger partial charge in [0.15, 0.2) is 0 Å². The molecule has 0 aliphatic carbocycles. The van der Waals surface area contributed by atoms with Crippen LogP contribution in [0.15, 0.2) is 24.3 Å². The average molecular weight is 414 g/mol. The Kier molecular flexibility index (Phi) is 8.92. The predicted molar refractivity (Wildman–Crippen MR) is 116 cm³/mol. The van der Waals surface area contributed by atoms with Gasteiger partial charge in [-0.25, -0.2) is 0 Å². The Morgan fingerprint density at radius 1 is 0.964 bits per heavy atom. The van der Waals surface area contributed by atoms with Crippen molar-refractivity contribution >= 4 is 7.60 Å². The van der Waals surface area contributed by atoms with Crippen LogP contribution < -0.4 is 0 Å². The number of benzene rings is 1. The Hall–Kier alpha value is -0.710. The van der Waals surface area contributed by atoms with Gasteiger partial charge in [-0.05, 0) is 59.4 Å². The number of aryl methyl sites for hydroxylation is 1. The van der Waals surface area contributed by atoms with Crippen molar-refractivity contribution in [2.45, 2.75) is 86.7 Å². The van der Waals surface area contributed by atoms with Crippen LogP contribution in [0.25, 0.3) is 0 Å². The first-order chi connectivity index (χ1) is 12.8. The second-order valence-corrected chi connectivity index (χ2v) is 11.4. The fourth-order valence-electron chi connectivity index (χ4n) is 3.14. The molecule has 6 heteroatoms.